The second-order valence-corrected chi connectivity index (χ2v) is 7.01. The Balaban J connectivity index is 1.57. The predicted molar refractivity (Wildman–Crippen MR) is 98.0 cm³/mol. The highest BCUT2D eigenvalue weighted by molar-refractivity contribution is 6.33. The second kappa shape index (κ2) is 6.15. The number of benzene rings is 2. The maximum Gasteiger partial charge on any atom is 0.253 e. The average molecular weight is 359 g/mol. The van der Waals surface area contributed by atoms with Crippen LogP contribution < -0.4 is 5.32 Å². The van der Waals surface area contributed by atoms with Crippen LogP contribution in [-0.2, 0) is 12.8 Å². The van der Waals surface area contributed by atoms with Crippen molar-refractivity contribution in [2.24, 2.45) is 0 Å². The monoisotopic (exact) mass is 358 g/mol. The predicted octanol–water partition coefficient (Wildman–Crippen LogP) is 4.76. The molecule has 0 saturated carbocycles. The fourth-order valence-corrected chi connectivity index (χ4v) is 3.82. The van der Waals surface area contributed by atoms with Gasteiger partial charge in [-0.2, -0.15) is 0 Å². The molecule has 1 aromatic heterocycles. The number of H-pyrrole nitrogens is 1. The van der Waals surface area contributed by atoms with Crippen LogP contribution in [0.3, 0.4) is 0 Å². The molecule has 0 saturated heterocycles. The SMILES string of the molecule is O=C(NC1CCc2[nH]c3cc(Cl)ccc3c2C1)c1ccccc1Cl. The van der Waals surface area contributed by atoms with Crippen molar-refractivity contribution in [3.8, 4) is 0 Å². The maximum atomic E-state index is 12.5. The Labute approximate surface area is 150 Å². The molecule has 1 amide bonds. The van der Waals surface area contributed by atoms with E-state index in [0.717, 1.165) is 29.8 Å². The van der Waals surface area contributed by atoms with E-state index in [2.05, 4.69) is 10.3 Å². The number of hydrogen-bond acceptors (Lipinski definition) is 1. The minimum absolute atomic E-state index is 0.107. The molecule has 3 nitrogen and oxygen atoms in total. The molecule has 4 rings (SSSR count). The van der Waals surface area contributed by atoms with Crippen molar-refractivity contribution in [2.75, 3.05) is 0 Å². The summed E-state index contributed by atoms with van der Waals surface area (Å²) >= 11 is 12.2. The van der Waals surface area contributed by atoms with Crippen molar-refractivity contribution >= 4 is 40.0 Å². The Morgan fingerprint density at radius 2 is 2.00 bits per heavy atom. The minimum Gasteiger partial charge on any atom is -0.358 e. The van der Waals surface area contributed by atoms with Crippen LogP contribution in [0.2, 0.25) is 10.0 Å². The zero-order valence-electron chi connectivity index (χ0n) is 12.9. The largest absolute Gasteiger partial charge is 0.358 e. The van der Waals surface area contributed by atoms with Crippen molar-refractivity contribution in [2.45, 2.75) is 25.3 Å². The molecular weight excluding hydrogens is 343 g/mol. The van der Waals surface area contributed by atoms with Crippen LogP contribution in [0, 0.1) is 0 Å². The van der Waals surface area contributed by atoms with Gasteiger partial charge in [0.1, 0.15) is 0 Å². The van der Waals surface area contributed by atoms with Gasteiger partial charge in [0.25, 0.3) is 5.91 Å². The number of halogens is 2. The maximum absolute atomic E-state index is 12.5. The van der Waals surface area contributed by atoms with Crippen molar-refractivity contribution in [3.05, 3.63) is 69.3 Å². The molecule has 2 aromatic carbocycles. The first-order valence-corrected chi connectivity index (χ1v) is 8.72. The van der Waals surface area contributed by atoms with Crippen LogP contribution in [0.4, 0.5) is 0 Å². The van der Waals surface area contributed by atoms with Gasteiger partial charge in [-0.05, 0) is 49.1 Å². The van der Waals surface area contributed by atoms with Crippen molar-refractivity contribution in [1.82, 2.24) is 10.3 Å². The quantitative estimate of drug-likeness (QED) is 0.681. The van der Waals surface area contributed by atoms with Gasteiger partial charge in [0.05, 0.1) is 10.6 Å². The average Bonchev–Trinajstić information content (AvgIpc) is 2.92. The van der Waals surface area contributed by atoms with Crippen LogP contribution in [0.25, 0.3) is 10.9 Å². The Morgan fingerprint density at radius 3 is 2.83 bits per heavy atom. The van der Waals surface area contributed by atoms with Crippen LogP contribution >= 0.6 is 23.2 Å². The van der Waals surface area contributed by atoms with Gasteiger partial charge in [0.2, 0.25) is 0 Å². The number of aromatic nitrogens is 1. The molecule has 5 heteroatoms. The fourth-order valence-electron chi connectivity index (χ4n) is 3.43. The van der Waals surface area contributed by atoms with Crippen molar-refractivity contribution in [1.29, 1.82) is 0 Å². The van der Waals surface area contributed by atoms with Crippen LogP contribution in [0.1, 0.15) is 28.0 Å². The lowest BCUT2D eigenvalue weighted by molar-refractivity contribution is 0.0934. The summed E-state index contributed by atoms with van der Waals surface area (Å²) in [5.74, 6) is -0.114. The van der Waals surface area contributed by atoms with Crippen LogP contribution in [0.5, 0.6) is 0 Å². The molecule has 2 N–H and O–H groups in total. The zero-order valence-corrected chi connectivity index (χ0v) is 14.4. The summed E-state index contributed by atoms with van der Waals surface area (Å²) in [5.41, 5.74) is 4.11. The molecule has 1 heterocycles. The first-order valence-electron chi connectivity index (χ1n) is 7.96. The lowest BCUT2D eigenvalue weighted by Gasteiger charge is -2.24. The summed E-state index contributed by atoms with van der Waals surface area (Å²) in [7, 11) is 0. The smallest absolute Gasteiger partial charge is 0.253 e. The van der Waals surface area contributed by atoms with Gasteiger partial charge in [-0.1, -0.05) is 41.4 Å². The van der Waals surface area contributed by atoms with E-state index in [-0.39, 0.29) is 11.9 Å². The van der Waals surface area contributed by atoms with E-state index in [1.54, 1.807) is 12.1 Å². The third-order valence-electron chi connectivity index (χ3n) is 4.60. The first-order chi connectivity index (χ1) is 11.6. The van der Waals surface area contributed by atoms with E-state index in [1.165, 1.54) is 16.6 Å². The standard InChI is InChI=1S/C19H16Cl2N2O/c20-11-5-7-13-15-10-12(6-8-17(15)23-18(13)9-11)22-19(24)14-3-1-2-4-16(14)21/h1-5,7,9,12,23H,6,8,10H2,(H,22,24). The highest BCUT2D eigenvalue weighted by Gasteiger charge is 2.24. The molecule has 3 aromatic rings. The Morgan fingerprint density at radius 1 is 1.17 bits per heavy atom. The van der Waals surface area contributed by atoms with E-state index >= 15 is 0 Å². The molecule has 122 valence electrons. The van der Waals surface area contributed by atoms with E-state index in [4.69, 9.17) is 23.2 Å². The number of rotatable bonds is 2. The van der Waals surface area contributed by atoms with Gasteiger partial charge < -0.3 is 10.3 Å². The number of carbonyl (C=O) groups excluding carboxylic acids is 1. The molecule has 0 fully saturated rings. The summed E-state index contributed by atoms with van der Waals surface area (Å²) in [6, 6.07) is 13.1. The molecule has 0 radical (unpaired) electrons. The van der Waals surface area contributed by atoms with Gasteiger partial charge in [-0.3, -0.25) is 4.79 Å². The third kappa shape index (κ3) is 2.79. The highest BCUT2D eigenvalue weighted by atomic mass is 35.5. The number of aryl methyl sites for hydroxylation is 1. The molecule has 0 spiro atoms. The number of hydrogen-bond donors (Lipinski definition) is 2. The van der Waals surface area contributed by atoms with E-state index in [0.29, 0.717) is 10.6 Å². The molecule has 1 aliphatic rings. The molecule has 24 heavy (non-hydrogen) atoms. The van der Waals surface area contributed by atoms with Gasteiger partial charge in [0, 0.05) is 27.7 Å². The number of carbonyl (C=O) groups is 1. The summed E-state index contributed by atoms with van der Waals surface area (Å²) in [6.07, 6.45) is 2.63. The molecule has 1 aliphatic carbocycles. The zero-order chi connectivity index (χ0) is 16.7. The summed E-state index contributed by atoms with van der Waals surface area (Å²) in [4.78, 5) is 15.9. The molecule has 0 aliphatic heterocycles. The number of fused-ring (bicyclic) bond motifs is 3. The minimum atomic E-state index is -0.114. The molecular formula is C19H16Cl2N2O. The van der Waals surface area contributed by atoms with Gasteiger partial charge in [-0.15, -0.1) is 0 Å². The molecule has 1 unspecified atom stereocenters. The lowest BCUT2D eigenvalue weighted by Crippen LogP contribution is -2.38. The summed E-state index contributed by atoms with van der Waals surface area (Å²) < 4.78 is 0. The van der Waals surface area contributed by atoms with E-state index < -0.39 is 0 Å². The fraction of sp³-hybridized carbons (Fsp3) is 0.211. The topological polar surface area (TPSA) is 44.9 Å². The Kier molecular flexibility index (Phi) is 3.99. The normalized spacial score (nSPS) is 16.8. The van der Waals surface area contributed by atoms with Gasteiger partial charge in [0.15, 0.2) is 0 Å². The van der Waals surface area contributed by atoms with Crippen LogP contribution in [0.15, 0.2) is 42.5 Å². The van der Waals surface area contributed by atoms with Gasteiger partial charge in [-0.25, -0.2) is 0 Å². The number of amides is 1. The van der Waals surface area contributed by atoms with E-state index in [1.807, 2.05) is 30.3 Å². The Hall–Kier alpha value is -1.97. The second-order valence-electron chi connectivity index (χ2n) is 6.17. The number of aromatic amines is 1. The third-order valence-corrected chi connectivity index (χ3v) is 5.17. The number of nitrogens with one attached hydrogen (secondary N) is 2. The lowest BCUT2D eigenvalue weighted by atomic mass is 9.91. The highest BCUT2D eigenvalue weighted by Crippen LogP contribution is 2.31. The first kappa shape index (κ1) is 15.6. The van der Waals surface area contributed by atoms with Crippen molar-refractivity contribution < 1.29 is 4.79 Å². The van der Waals surface area contributed by atoms with E-state index in [9.17, 15) is 4.79 Å². The summed E-state index contributed by atoms with van der Waals surface area (Å²) in [6.45, 7) is 0. The van der Waals surface area contributed by atoms with Crippen LogP contribution in [-0.4, -0.2) is 16.9 Å². The molecule has 0 bridgehead atoms. The molecule has 1 atom stereocenters. The van der Waals surface area contributed by atoms with Crippen molar-refractivity contribution in [3.63, 3.8) is 0 Å². The Bertz CT molecular complexity index is 932. The van der Waals surface area contributed by atoms with Gasteiger partial charge >= 0.3 is 0 Å². The summed E-state index contributed by atoms with van der Waals surface area (Å²) in [5, 5.41) is 5.51.